The molecular weight excluding hydrogens is 356 g/mol. The largest absolute Gasteiger partial charge is 0.516 e. The number of hydrogen-bond donors (Lipinski definition) is 1. The van der Waals surface area contributed by atoms with Gasteiger partial charge in [-0.2, -0.15) is 0 Å². The molecule has 26 heavy (non-hydrogen) atoms. The zero-order chi connectivity index (χ0) is 20.4. The van der Waals surface area contributed by atoms with Crippen molar-refractivity contribution < 1.29 is 33.4 Å². The zero-order valence-electron chi connectivity index (χ0n) is 16.9. The van der Waals surface area contributed by atoms with E-state index in [-0.39, 0.29) is 31.3 Å². The molecule has 0 radical (unpaired) electrons. The van der Waals surface area contributed by atoms with E-state index in [1.807, 2.05) is 33.9 Å². The van der Waals surface area contributed by atoms with Gasteiger partial charge in [0, 0.05) is 12.8 Å². The maximum Gasteiger partial charge on any atom is 0.516 e. The second-order valence-corrected chi connectivity index (χ2v) is 12.1. The SMILES string of the molecule is CCCCOC(=O)C[C@@H](CC(=O)OC(=O)OCC)CC(C)(C)[Si](C)(C)O. The Morgan fingerprint density at radius 1 is 1.04 bits per heavy atom. The van der Waals surface area contributed by atoms with E-state index in [4.69, 9.17) is 4.74 Å². The van der Waals surface area contributed by atoms with Crippen LogP contribution in [0, 0.1) is 5.92 Å². The summed E-state index contributed by atoms with van der Waals surface area (Å²) in [6.45, 7) is 11.5. The Kier molecular flexibility index (Phi) is 10.7. The Labute approximate surface area is 157 Å². The van der Waals surface area contributed by atoms with Crippen molar-refractivity contribution in [1.82, 2.24) is 0 Å². The summed E-state index contributed by atoms with van der Waals surface area (Å²) in [6, 6.07) is 0. The van der Waals surface area contributed by atoms with Crippen molar-refractivity contribution in [3.05, 3.63) is 0 Å². The van der Waals surface area contributed by atoms with Crippen LogP contribution in [0.25, 0.3) is 0 Å². The summed E-state index contributed by atoms with van der Waals surface area (Å²) >= 11 is 0. The lowest BCUT2D eigenvalue weighted by atomic mass is 9.90. The molecule has 0 aliphatic carbocycles. The lowest BCUT2D eigenvalue weighted by Crippen LogP contribution is -2.40. The van der Waals surface area contributed by atoms with Gasteiger partial charge in [-0.25, -0.2) is 4.79 Å². The number of unbranched alkanes of at least 4 members (excludes halogenated alkanes) is 1. The molecule has 152 valence electrons. The summed E-state index contributed by atoms with van der Waals surface area (Å²) in [7, 11) is -2.52. The molecule has 0 aliphatic heterocycles. The van der Waals surface area contributed by atoms with Gasteiger partial charge in [0.25, 0.3) is 0 Å². The quantitative estimate of drug-likeness (QED) is 0.248. The molecule has 8 heteroatoms. The van der Waals surface area contributed by atoms with Gasteiger partial charge in [-0.1, -0.05) is 27.2 Å². The van der Waals surface area contributed by atoms with Crippen LogP contribution in [-0.4, -0.2) is 44.4 Å². The van der Waals surface area contributed by atoms with E-state index in [1.54, 1.807) is 6.92 Å². The Bertz CT molecular complexity index is 469. The minimum Gasteiger partial charge on any atom is -0.466 e. The van der Waals surface area contributed by atoms with Crippen LogP contribution in [0.4, 0.5) is 4.79 Å². The average molecular weight is 391 g/mol. The van der Waals surface area contributed by atoms with Gasteiger partial charge in [-0.15, -0.1) is 0 Å². The van der Waals surface area contributed by atoms with Crippen LogP contribution in [0.15, 0.2) is 0 Å². The standard InChI is InChI=1S/C18H34O7Si/c1-7-9-10-24-15(19)11-14(13-18(3,4)26(5,6)22)12-16(20)25-17(21)23-8-2/h14,22H,7-13H2,1-6H3/t14-/m0/s1. The summed E-state index contributed by atoms with van der Waals surface area (Å²) in [5, 5.41) is -0.425. The molecule has 0 saturated heterocycles. The number of esters is 2. The molecule has 1 atom stereocenters. The fraction of sp³-hybridized carbons (Fsp3) is 0.833. The zero-order valence-corrected chi connectivity index (χ0v) is 17.9. The highest BCUT2D eigenvalue weighted by molar-refractivity contribution is 6.72. The van der Waals surface area contributed by atoms with Gasteiger partial charge >= 0.3 is 18.1 Å². The third-order valence-electron chi connectivity index (χ3n) is 4.59. The van der Waals surface area contributed by atoms with E-state index in [0.717, 1.165) is 12.8 Å². The van der Waals surface area contributed by atoms with Crippen molar-refractivity contribution >= 4 is 26.4 Å². The van der Waals surface area contributed by atoms with Gasteiger partial charge in [0.2, 0.25) is 0 Å². The molecule has 0 fully saturated rings. The third kappa shape index (κ3) is 9.91. The molecule has 7 nitrogen and oxygen atoms in total. The molecule has 0 rings (SSSR count). The second-order valence-electron chi connectivity index (χ2n) is 7.65. The van der Waals surface area contributed by atoms with E-state index in [2.05, 4.69) is 9.47 Å². The van der Waals surface area contributed by atoms with Crippen molar-refractivity contribution in [3.8, 4) is 0 Å². The van der Waals surface area contributed by atoms with Crippen LogP contribution in [-0.2, 0) is 23.8 Å². The van der Waals surface area contributed by atoms with Crippen molar-refractivity contribution in [3.63, 3.8) is 0 Å². The fourth-order valence-corrected chi connectivity index (χ4v) is 3.12. The number of rotatable bonds is 11. The molecule has 0 aromatic rings. The monoisotopic (exact) mass is 390 g/mol. The first-order valence-electron chi connectivity index (χ1n) is 9.18. The first-order valence-corrected chi connectivity index (χ1v) is 12.1. The van der Waals surface area contributed by atoms with Crippen LogP contribution in [0.3, 0.4) is 0 Å². The average Bonchev–Trinajstić information content (AvgIpc) is 2.45. The summed E-state index contributed by atoms with van der Waals surface area (Å²) in [5.41, 5.74) is 0. The van der Waals surface area contributed by atoms with Gasteiger partial charge in [-0.3, -0.25) is 9.59 Å². The topological polar surface area (TPSA) is 99.1 Å². The molecule has 0 spiro atoms. The van der Waals surface area contributed by atoms with E-state index in [0.29, 0.717) is 13.0 Å². The summed E-state index contributed by atoms with van der Waals surface area (Å²) < 4.78 is 14.4. The van der Waals surface area contributed by atoms with Gasteiger partial charge in [0.05, 0.1) is 13.2 Å². The molecule has 1 N–H and O–H groups in total. The van der Waals surface area contributed by atoms with Crippen molar-refractivity contribution in [2.45, 2.75) is 77.9 Å². The highest BCUT2D eigenvalue weighted by Crippen LogP contribution is 2.43. The maximum absolute atomic E-state index is 12.1. The molecule has 0 aromatic heterocycles. The molecule has 0 saturated carbocycles. The molecule has 0 bridgehead atoms. The van der Waals surface area contributed by atoms with Crippen LogP contribution in [0.1, 0.15) is 59.8 Å². The molecule has 0 heterocycles. The Morgan fingerprint density at radius 3 is 2.12 bits per heavy atom. The third-order valence-corrected chi connectivity index (χ3v) is 8.10. The minimum absolute atomic E-state index is 0.0373. The Morgan fingerprint density at radius 2 is 1.62 bits per heavy atom. The normalized spacial score (nSPS) is 13.0. The van der Waals surface area contributed by atoms with Crippen molar-refractivity contribution in [2.75, 3.05) is 13.2 Å². The highest BCUT2D eigenvalue weighted by Gasteiger charge is 2.40. The van der Waals surface area contributed by atoms with Crippen LogP contribution >= 0.6 is 0 Å². The smallest absolute Gasteiger partial charge is 0.466 e. The molecule has 0 aliphatic rings. The molecular formula is C18H34O7Si. The van der Waals surface area contributed by atoms with E-state index >= 15 is 0 Å². The lowest BCUT2D eigenvalue weighted by molar-refractivity contribution is -0.146. The molecule has 0 unspecified atom stereocenters. The lowest BCUT2D eigenvalue weighted by Gasteiger charge is -2.37. The molecule has 0 amide bonds. The summed E-state index contributed by atoms with van der Waals surface area (Å²) in [5.74, 6) is -1.52. The van der Waals surface area contributed by atoms with Gasteiger partial charge in [0.1, 0.15) is 0 Å². The maximum atomic E-state index is 12.1. The van der Waals surface area contributed by atoms with Gasteiger partial charge in [0.15, 0.2) is 8.32 Å². The number of carbonyl (C=O) groups is 3. The number of ether oxygens (including phenoxy) is 3. The highest BCUT2D eigenvalue weighted by atomic mass is 28.4. The predicted octanol–water partition coefficient (Wildman–Crippen LogP) is 3.79. The van der Waals surface area contributed by atoms with E-state index in [9.17, 15) is 19.2 Å². The van der Waals surface area contributed by atoms with Crippen LogP contribution in [0.2, 0.25) is 18.1 Å². The second kappa shape index (κ2) is 11.3. The minimum atomic E-state index is -2.52. The van der Waals surface area contributed by atoms with Crippen LogP contribution < -0.4 is 0 Å². The van der Waals surface area contributed by atoms with E-state index in [1.165, 1.54) is 0 Å². The molecule has 0 aromatic carbocycles. The van der Waals surface area contributed by atoms with Gasteiger partial charge < -0.3 is 19.0 Å². The van der Waals surface area contributed by atoms with Gasteiger partial charge in [-0.05, 0) is 43.8 Å². The Balaban J connectivity index is 4.95. The Hall–Kier alpha value is -1.41. The first kappa shape index (κ1) is 24.6. The van der Waals surface area contributed by atoms with Crippen LogP contribution in [0.5, 0.6) is 0 Å². The number of hydrogen-bond acceptors (Lipinski definition) is 7. The predicted molar refractivity (Wildman–Crippen MR) is 100 cm³/mol. The summed E-state index contributed by atoms with van der Waals surface area (Å²) in [4.78, 5) is 45.8. The fourth-order valence-electron chi connectivity index (χ4n) is 2.33. The number of carbonyl (C=O) groups excluding carboxylic acids is 3. The van der Waals surface area contributed by atoms with E-state index < -0.39 is 25.5 Å². The van der Waals surface area contributed by atoms with Crippen molar-refractivity contribution in [2.24, 2.45) is 5.92 Å². The van der Waals surface area contributed by atoms with Crippen molar-refractivity contribution in [1.29, 1.82) is 0 Å². The first-order chi connectivity index (χ1) is 11.9. The summed E-state index contributed by atoms with van der Waals surface area (Å²) in [6.07, 6.45) is 1.02.